The molecule has 0 aliphatic carbocycles. The van der Waals surface area contributed by atoms with E-state index in [4.69, 9.17) is 0 Å². The highest BCUT2D eigenvalue weighted by Crippen LogP contribution is 2.27. The number of aromatic nitrogens is 1. The molecule has 0 saturated carbocycles. The van der Waals surface area contributed by atoms with Crippen LogP contribution in [-0.2, 0) is 11.2 Å². The van der Waals surface area contributed by atoms with E-state index in [1.54, 1.807) is 0 Å². The van der Waals surface area contributed by atoms with E-state index in [9.17, 15) is 4.79 Å². The summed E-state index contributed by atoms with van der Waals surface area (Å²) >= 11 is 0. The molecule has 2 aromatic carbocycles. The predicted octanol–water partition coefficient (Wildman–Crippen LogP) is 4.17. The van der Waals surface area contributed by atoms with E-state index in [0.717, 1.165) is 40.1 Å². The van der Waals surface area contributed by atoms with Gasteiger partial charge in [0.1, 0.15) is 5.82 Å². The Hall–Kier alpha value is -2.88. The molecule has 0 saturated heterocycles. The minimum atomic E-state index is 0.0877. The van der Waals surface area contributed by atoms with Crippen molar-refractivity contribution in [1.82, 2.24) is 4.98 Å². The van der Waals surface area contributed by atoms with Gasteiger partial charge in [0, 0.05) is 23.2 Å². The van der Waals surface area contributed by atoms with E-state index in [1.165, 1.54) is 5.56 Å². The summed E-state index contributed by atoms with van der Waals surface area (Å²) in [5, 5.41) is 7.39. The van der Waals surface area contributed by atoms with E-state index >= 15 is 0 Å². The van der Waals surface area contributed by atoms with Crippen LogP contribution >= 0.6 is 0 Å². The summed E-state index contributed by atoms with van der Waals surface area (Å²) in [6.45, 7) is 2.08. The molecular weight excluding hydrogens is 286 g/mol. The number of nitrogens with one attached hydrogen (secondary N) is 2. The van der Waals surface area contributed by atoms with Gasteiger partial charge in [-0.15, -0.1) is 0 Å². The molecule has 1 aliphatic rings. The van der Waals surface area contributed by atoms with E-state index < -0.39 is 0 Å². The fourth-order valence-corrected chi connectivity index (χ4v) is 2.92. The van der Waals surface area contributed by atoms with E-state index in [-0.39, 0.29) is 5.91 Å². The molecule has 0 atom stereocenters. The zero-order valence-electron chi connectivity index (χ0n) is 12.9. The van der Waals surface area contributed by atoms with Crippen LogP contribution in [0.5, 0.6) is 0 Å². The van der Waals surface area contributed by atoms with Gasteiger partial charge in [-0.05, 0) is 61.4 Å². The van der Waals surface area contributed by atoms with Crippen LogP contribution in [-0.4, -0.2) is 10.9 Å². The maximum Gasteiger partial charge on any atom is 0.224 e. The van der Waals surface area contributed by atoms with E-state index in [2.05, 4.69) is 46.8 Å². The molecule has 1 aliphatic heterocycles. The molecule has 2 heterocycles. The molecule has 1 aromatic heterocycles. The largest absolute Gasteiger partial charge is 0.340 e. The van der Waals surface area contributed by atoms with Crippen LogP contribution < -0.4 is 10.6 Å². The molecular formula is C19H17N3O. The topological polar surface area (TPSA) is 54.0 Å². The Morgan fingerprint density at radius 2 is 1.96 bits per heavy atom. The first kappa shape index (κ1) is 13.8. The fraction of sp³-hybridized carbons (Fsp3) is 0.158. The van der Waals surface area contributed by atoms with Crippen molar-refractivity contribution in [3.8, 4) is 0 Å². The standard InChI is InChI=1S/C19H17N3O/c1-12-2-6-16-13(10-12)3-8-18(21-16)20-15-5-7-17-14(11-15)4-9-19(23)22-17/h2-3,5-8,10-11H,4,9H2,1H3,(H,20,21)(H,22,23). The number of amides is 1. The summed E-state index contributed by atoms with van der Waals surface area (Å²) in [7, 11) is 0. The average Bonchev–Trinajstić information content (AvgIpc) is 2.55. The molecule has 23 heavy (non-hydrogen) atoms. The number of nitrogens with zero attached hydrogens (tertiary/aromatic N) is 1. The summed E-state index contributed by atoms with van der Waals surface area (Å²) in [6, 6.07) is 16.3. The zero-order valence-corrected chi connectivity index (χ0v) is 12.9. The van der Waals surface area contributed by atoms with Crippen LogP contribution in [0.25, 0.3) is 10.9 Å². The van der Waals surface area contributed by atoms with Gasteiger partial charge in [-0.2, -0.15) is 0 Å². The minimum absolute atomic E-state index is 0.0877. The van der Waals surface area contributed by atoms with Crippen molar-refractivity contribution in [3.05, 3.63) is 59.7 Å². The molecule has 4 rings (SSSR count). The molecule has 0 fully saturated rings. The van der Waals surface area contributed by atoms with E-state index in [1.807, 2.05) is 24.3 Å². The van der Waals surface area contributed by atoms with Crippen LogP contribution in [0, 0.1) is 6.92 Å². The molecule has 114 valence electrons. The molecule has 1 amide bonds. The highest BCUT2D eigenvalue weighted by atomic mass is 16.1. The number of fused-ring (bicyclic) bond motifs is 2. The van der Waals surface area contributed by atoms with Gasteiger partial charge in [-0.3, -0.25) is 4.79 Å². The Balaban J connectivity index is 1.63. The summed E-state index contributed by atoms with van der Waals surface area (Å²) in [6.07, 6.45) is 1.32. The Morgan fingerprint density at radius 3 is 2.87 bits per heavy atom. The molecule has 4 heteroatoms. The van der Waals surface area contributed by atoms with Gasteiger partial charge in [0.05, 0.1) is 5.52 Å². The summed E-state index contributed by atoms with van der Waals surface area (Å²) < 4.78 is 0. The van der Waals surface area contributed by atoms with Gasteiger partial charge in [-0.1, -0.05) is 11.6 Å². The predicted molar refractivity (Wildman–Crippen MR) is 93.2 cm³/mol. The lowest BCUT2D eigenvalue weighted by Crippen LogP contribution is -2.18. The molecule has 0 bridgehead atoms. The summed E-state index contributed by atoms with van der Waals surface area (Å²) in [5.74, 6) is 0.908. The molecule has 0 unspecified atom stereocenters. The highest BCUT2D eigenvalue weighted by Gasteiger charge is 2.14. The van der Waals surface area contributed by atoms with Crippen molar-refractivity contribution in [2.24, 2.45) is 0 Å². The number of hydrogen-bond donors (Lipinski definition) is 2. The third-order valence-electron chi connectivity index (χ3n) is 4.12. The molecule has 0 spiro atoms. The lowest BCUT2D eigenvalue weighted by Gasteiger charge is -2.18. The van der Waals surface area contributed by atoms with Crippen molar-refractivity contribution in [3.63, 3.8) is 0 Å². The van der Waals surface area contributed by atoms with Crippen LogP contribution in [0.15, 0.2) is 48.5 Å². The first-order valence-electron chi connectivity index (χ1n) is 7.75. The van der Waals surface area contributed by atoms with Gasteiger partial charge in [0.2, 0.25) is 5.91 Å². The van der Waals surface area contributed by atoms with Crippen molar-refractivity contribution in [2.45, 2.75) is 19.8 Å². The van der Waals surface area contributed by atoms with Gasteiger partial charge < -0.3 is 10.6 Å². The number of benzene rings is 2. The SMILES string of the molecule is Cc1ccc2nc(Nc3ccc4c(c3)CCC(=O)N4)ccc2c1. The van der Waals surface area contributed by atoms with Gasteiger partial charge in [0.25, 0.3) is 0 Å². The maximum atomic E-state index is 11.4. The maximum absolute atomic E-state index is 11.4. The third kappa shape index (κ3) is 2.75. The Morgan fingerprint density at radius 1 is 1.04 bits per heavy atom. The molecule has 4 nitrogen and oxygen atoms in total. The number of aryl methyl sites for hydroxylation is 2. The number of carbonyl (C=O) groups excluding carboxylic acids is 1. The Bertz CT molecular complexity index is 918. The Labute approximate surface area is 134 Å². The van der Waals surface area contributed by atoms with Crippen molar-refractivity contribution in [1.29, 1.82) is 0 Å². The smallest absolute Gasteiger partial charge is 0.224 e. The second-order valence-electron chi connectivity index (χ2n) is 5.94. The number of carbonyl (C=O) groups is 1. The van der Waals surface area contributed by atoms with Gasteiger partial charge in [0.15, 0.2) is 0 Å². The second-order valence-corrected chi connectivity index (χ2v) is 5.94. The number of anilines is 3. The first-order valence-corrected chi connectivity index (χ1v) is 7.75. The molecule has 2 N–H and O–H groups in total. The number of hydrogen-bond acceptors (Lipinski definition) is 3. The highest BCUT2D eigenvalue weighted by molar-refractivity contribution is 5.94. The lowest BCUT2D eigenvalue weighted by atomic mass is 10.0. The quantitative estimate of drug-likeness (QED) is 0.747. The first-order chi connectivity index (χ1) is 11.2. The number of rotatable bonds is 2. The monoisotopic (exact) mass is 303 g/mol. The third-order valence-corrected chi connectivity index (χ3v) is 4.12. The second kappa shape index (κ2) is 5.39. The van der Waals surface area contributed by atoms with Gasteiger partial charge >= 0.3 is 0 Å². The fourth-order valence-electron chi connectivity index (χ4n) is 2.92. The van der Waals surface area contributed by atoms with Gasteiger partial charge in [-0.25, -0.2) is 4.98 Å². The van der Waals surface area contributed by atoms with Crippen molar-refractivity contribution < 1.29 is 4.79 Å². The molecule has 0 radical (unpaired) electrons. The van der Waals surface area contributed by atoms with Crippen LogP contribution in [0.3, 0.4) is 0 Å². The normalized spacial score (nSPS) is 13.5. The lowest BCUT2D eigenvalue weighted by molar-refractivity contribution is -0.116. The minimum Gasteiger partial charge on any atom is -0.340 e. The average molecular weight is 303 g/mol. The Kier molecular flexibility index (Phi) is 3.23. The van der Waals surface area contributed by atoms with Crippen LogP contribution in [0.4, 0.5) is 17.2 Å². The van der Waals surface area contributed by atoms with Crippen LogP contribution in [0.1, 0.15) is 17.5 Å². The van der Waals surface area contributed by atoms with Crippen LogP contribution in [0.2, 0.25) is 0 Å². The van der Waals surface area contributed by atoms with E-state index in [0.29, 0.717) is 6.42 Å². The van der Waals surface area contributed by atoms with Crippen molar-refractivity contribution >= 4 is 34.0 Å². The zero-order chi connectivity index (χ0) is 15.8. The van der Waals surface area contributed by atoms with Crippen molar-refractivity contribution in [2.75, 3.05) is 10.6 Å². The molecule has 3 aromatic rings. The summed E-state index contributed by atoms with van der Waals surface area (Å²) in [5.41, 5.74) is 5.26. The number of pyridine rings is 1. The summed E-state index contributed by atoms with van der Waals surface area (Å²) in [4.78, 5) is 16.1.